The van der Waals surface area contributed by atoms with Gasteiger partial charge in [0.05, 0.1) is 5.75 Å². The molecule has 0 saturated carbocycles. The minimum Gasteiger partial charge on any atom is -0.361 e. The molecule has 1 fully saturated rings. The van der Waals surface area contributed by atoms with E-state index in [4.69, 9.17) is 5.14 Å². The van der Waals surface area contributed by atoms with Crippen molar-refractivity contribution < 1.29 is 13.2 Å². The third-order valence-corrected chi connectivity index (χ3v) is 4.99. The molecule has 118 valence electrons. The van der Waals surface area contributed by atoms with Crippen molar-refractivity contribution in [1.82, 2.24) is 9.88 Å². The summed E-state index contributed by atoms with van der Waals surface area (Å²) in [6.45, 7) is 1.08. The Kier molecular flexibility index (Phi) is 3.92. The van der Waals surface area contributed by atoms with Gasteiger partial charge in [0.2, 0.25) is 15.9 Å². The SMILES string of the molecule is NS(=O)(=O)CC1CC(=O)N(CCc2ccc3[nH]ccc3c2)C1. The Balaban J connectivity index is 1.60. The minimum atomic E-state index is -3.52. The first-order valence-electron chi connectivity index (χ1n) is 7.25. The van der Waals surface area contributed by atoms with Crippen LogP contribution in [-0.2, 0) is 21.2 Å². The monoisotopic (exact) mass is 321 g/mol. The lowest BCUT2D eigenvalue weighted by Crippen LogP contribution is -2.29. The molecule has 7 heteroatoms. The molecule has 1 atom stereocenters. The minimum absolute atomic E-state index is 0.0105. The van der Waals surface area contributed by atoms with E-state index in [0.29, 0.717) is 13.1 Å². The first-order chi connectivity index (χ1) is 10.4. The summed E-state index contributed by atoms with van der Waals surface area (Å²) in [5.41, 5.74) is 2.25. The topological polar surface area (TPSA) is 96.3 Å². The van der Waals surface area contributed by atoms with Crippen LogP contribution in [-0.4, -0.2) is 43.1 Å². The number of nitrogens with two attached hydrogens (primary N) is 1. The van der Waals surface area contributed by atoms with Gasteiger partial charge < -0.3 is 9.88 Å². The summed E-state index contributed by atoms with van der Waals surface area (Å²) < 4.78 is 22.2. The van der Waals surface area contributed by atoms with Gasteiger partial charge >= 0.3 is 0 Å². The second-order valence-electron chi connectivity index (χ2n) is 5.89. The number of carbonyl (C=O) groups is 1. The Labute approximate surface area is 129 Å². The maximum Gasteiger partial charge on any atom is 0.222 e. The number of fused-ring (bicyclic) bond motifs is 1. The zero-order valence-electron chi connectivity index (χ0n) is 12.2. The van der Waals surface area contributed by atoms with E-state index in [-0.39, 0.29) is 24.0 Å². The van der Waals surface area contributed by atoms with Crippen LogP contribution < -0.4 is 5.14 Å². The fourth-order valence-corrected chi connectivity index (χ4v) is 3.91. The van der Waals surface area contributed by atoms with Crippen molar-refractivity contribution in [3.05, 3.63) is 36.0 Å². The Morgan fingerprint density at radius 2 is 2.14 bits per heavy atom. The summed E-state index contributed by atoms with van der Waals surface area (Å²) >= 11 is 0. The molecule has 1 saturated heterocycles. The molecule has 3 rings (SSSR count). The molecule has 22 heavy (non-hydrogen) atoms. The molecule has 0 bridgehead atoms. The highest BCUT2D eigenvalue weighted by Crippen LogP contribution is 2.20. The van der Waals surface area contributed by atoms with Crippen molar-refractivity contribution in [2.45, 2.75) is 12.8 Å². The number of aromatic nitrogens is 1. The number of carbonyl (C=O) groups excluding carboxylic acids is 1. The molecule has 0 radical (unpaired) electrons. The van der Waals surface area contributed by atoms with Crippen LogP contribution in [0.3, 0.4) is 0 Å². The van der Waals surface area contributed by atoms with Crippen LogP contribution in [0, 0.1) is 5.92 Å². The number of H-pyrrole nitrogens is 1. The normalized spacial score (nSPS) is 19.2. The van der Waals surface area contributed by atoms with E-state index in [9.17, 15) is 13.2 Å². The van der Waals surface area contributed by atoms with E-state index in [1.807, 2.05) is 24.4 Å². The van der Waals surface area contributed by atoms with Crippen LogP contribution in [0.15, 0.2) is 30.5 Å². The highest BCUT2D eigenvalue weighted by atomic mass is 32.2. The summed E-state index contributed by atoms with van der Waals surface area (Å²) in [5.74, 6) is -0.295. The van der Waals surface area contributed by atoms with Crippen LogP contribution in [0.1, 0.15) is 12.0 Å². The molecule has 2 aromatic rings. The van der Waals surface area contributed by atoms with E-state index < -0.39 is 10.0 Å². The first-order valence-corrected chi connectivity index (χ1v) is 8.96. The molecule has 1 unspecified atom stereocenters. The van der Waals surface area contributed by atoms with Crippen LogP contribution in [0.2, 0.25) is 0 Å². The zero-order chi connectivity index (χ0) is 15.7. The molecule has 1 amide bonds. The van der Waals surface area contributed by atoms with Crippen LogP contribution in [0.25, 0.3) is 10.9 Å². The van der Waals surface area contributed by atoms with Crippen molar-refractivity contribution in [2.75, 3.05) is 18.8 Å². The number of nitrogens with one attached hydrogen (secondary N) is 1. The largest absolute Gasteiger partial charge is 0.361 e. The number of rotatable bonds is 5. The van der Waals surface area contributed by atoms with Gasteiger partial charge in [-0.2, -0.15) is 0 Å². The molecule has 2 heterocycles. The summed E-state index contributed by atoms with van der Waals surface area (Å²) in [6.07, 6.45) is 2.93. The lowest BCUT2D eigenvalue weighted by atomic mass is 10.1. The molecule has 1 aromatic carbocycles. The van der Waals surface area contributed by atoms with Gasteiger partial charge in [-0.15, -0.1) is 0 Å². The average Bonchev–Trinajstić information content (AvgIpc) is 3.00. The van der Waals surface area contributed by atoms with E-state index in [0.717, 1.165) is 22.9 Å². The van der Waals surface area contributed by atoms with Gasteiger partial charge in [-0.1, -0.05) is 6.07 Å². The summed E-state index contributed by atoms with van der Waals surface area (Å²) in [7, 11) is -3.52. The first kappa shape index (κ1) is 15.1. The molecule has 0 spiro atoms. The summed E-state index contributed by atoms with van der Waals surface area (Å²) in [6, 6.07) is 8.19. The van der Waals surface area contributed by atoms with Crippen molar-refractivity contribution in [1.29, 1.82) is 0 Å². The lowest BCUT2D eigenvalue weighted by Gasteiger charge is -2.16. The maximum absolute atomic E-state index is 11.9. The quantitative estimate of drug-likeness (QED) is 0.854. The van der Waals surface area contributed by atoms with Crippen molar-refractivity contribution in [2.24, 2.45) is 11.1 Å². The van der Waals surface area contributed by atoms with E-state index in [2.05, 4.69) is 11.1 Å². The number of sulfonamides is 1. The van der Waals surface area contributed by atoms with E-state index >= 15 is 0 Å². The highest BCUT2D eigenvalue weighted by Gasteiger charge is 2.31. The third kappa shape index (κ3) is 3.48. The summed E-state index contributed by atoms with van der Waals surface area (Å²) in [5, 5.41) is 6.20. The molecule has 1 aromatic heterocycles. The number of hydrogen-bond donors (Lipinski definition) is 2. The third-order valence-electron chi connectivity index (χ3n) is 4.05. The average molecular weight is 321 g/mol. The number of aromatic amines is 1. The molecular weight excluding hydrogens is 302 g/mol. The van der Waals surface area contributed by atoms with Crippen molar-refractivity contribution in [3.63, 3.8) is 0 Å². The molecule has 6 nitrogen and oxygen atoms in total. The van der Waals surface area contributed by atoms with Gasteiger partial charge in [-0.05, 0) is 35.6 Å². The van der Waals surface area contributed by atoms with E-state index in [1.54, 1.807) is 4.90 Å². The standard InChI is InChI=1S/C15H19N3O3S/c16-22(20,21)10-12-8-15(19)18(9-12)6-4-11-1-2-14-13(7-11)3-5-17-14/h1-3,5,7,12,17H,4,6,8-10H2,(H2,16,20,21). The van der Waals surface area contributed by atoms with Crippen molar-refractivity contribution in [3.8, 4) is 0 Å². The maximum atomic E-state index is 11.9. The predicted molar refractivity (Wildman–Crippen MR) is 84.7 cm³/mol. The molecule has 3 N–H and O–H groups in total. The van der Waals surface area contributed by atoms with Gasteiger partial charge in [-0.3, -0.25) is 4.79 Å². The summed E-state index contributed by atoms with van der Waals surface area (Å²) in [4.78, 5) is 16.8. The fourth-order valence-electron chi connectivity index (χ4n) is 3.03. The van der Waals surface area contributed by atoms with Gasteiger partial charge in [0.1, 0.15) is 0 Å². The van der Waals surface area contributed by atoms with Gasteiger partial charge in [0, 0.05) is 37.1 Å². The molecule has 0 aliphatic carbocycles. The molecular formula is C15H19N3O3S. The Hall–Kier alpha value is -1.86. The van der Waals surface area contributed by atoms with Crippen LogP contribution in [0.5, 0.6) is 0 Å². The Morgan fingerprint density at radius 1 is 1.32 bits per heavy atom. The van der Waals surface area contributed by atoms with Crippen molar-refractivity contribution >= 4 is 26.8 Å². The lowest BCUT2D eigenvalue weighted by molar-refractivity contribution is -0.127. The van der Waals surface area contributed by atoms with Crippen LogP contribution in [0.4, 0.5) is 0 Å². The Morgan fingerprint density at radius 3 is 2.91 bits per heavy atom. The zero-order valence-corrected chi connectivity index (χ0v) is 13.0. The Bertz CT molecular complexity index is 797. The number of nitrogens with zero attached hydrogens (tertiary/aromatic N) is 1. The van der Waals surface area contributed by atoms with Gasteiger partial charge in [0.25, 0.3) is 0 Å². The predicted octanol–water partition coefficient (Wildman–Crippen LogP) is 0.847. The number of likely N-dealkylation sites (tertiary alicyclic amines) is 1. The van der Waals surface area contributed by atoms with Gasteiger partial charge in [0.15, 0.2) is 0 Å². The molecule has 1 aliphatic heterocycles. The second-order valence-corrected chi connectivity index (χ2v) is 7.55. The highest BCUT2D eigenvalue weighted by molar-refractivity contribution is 7.89. The number of amides is 1. The molecule has 1 aliphatic rings. The smallest absolute Gasteiger partial charge is 0.222 e. The number of hydrogen-bond acceptors (Lipinski definition) is 3. The second kappa shape index (κ2) is 5.73. The van der Waals surface area contributed by atoms with E-state index in [1.165, 1.54) is 0 Å². The number of benzene rings is 1. The van der Waals surface area contributed by atoms with Gasteiger partial charge in [-0.25, -0.2) is 13.6 Å². The number of primary sulfonamides is 1. The van der Waals surface area contributed by atoms with Crippen LogP contribution >= 0.6 is 0 Å². The fraction of sp³-hybridized carbons (Fsp3) is 0.400.